The minimum Gasteiger partial charge on any atom is -0.467 e. The van der Waals surface area contributed by atoms with Crippen LogP contribution >= 0.6 is 0 Å². The first kappa shape index (κ1) is 13.9. The van der Waals surface area contributed by atoms with Crippen molar-refractivity contribution in [2.45, 2.75) is 45.3 Å². The van der Waals surface area contributed by atoms with Crippen molar-refractivity contribution in [2.24, 2.45) is 5.41 Å². The number of urea groups is 1. The quantitative estimate of drug-likeness (QED) is 0.780. The molecule has 0 aliphatic heterocycles. The first-order chi connectivity index (χ1) is 9.10. The lowest BCUT2D eigenvalue weighted by Gasteiger charge is -2.38. The molecule has 2 atom stereocenters. The van der Waals surface area contributed by atoms with Crippen LogP contribution < -0.4 is 10.6 Å². The molecule has 1 aromatic rings. The van der Waals surface area contributed by atoms with E-state index in [1.807, 2.05) is 13.0 Å². The van der Waals surface area contributed by atoms with Crippen molar-refractivity contribution in [1.29, 1.82) is 0 Å². The third kappa shape index (κ3) is 3.73. The maximum atomic E-state index is 11.7. The Bertz CT molecular complexity index is 405. The fourth-order valence-corrected chi connectivity index (χ4v) is 2.51. The summed E-state index contributed by atoms with van der Waals surface area (Å²) >= 11 is 0. The topological polar surface area (TPSA) is 74.5 Å². The van der Waals surface area contributed by atoms with Gasteiger partial charge in [0.15, 0.2) is 0 Å². The van der Waals surface area contributed by atoms with Gasteiger partial charge in [0.05, 0.1) is 18.9 Å². The Morgan fingerprint density at radius 3 is 3.05 bits per heavy atom. The number of aliphatic hydroxyl groups is 1. The second kappa shape index (κ2) is 6.10. The molecule has 5 heteroatoms. The minimum atomic E-state index is -0.327. The molecule has 1 aromatic heterocycles. The lowest BCUT2D eigenvalue weighted by atomic mass is 9.73. The van der Waals surface area contributed by atoms with E-state index in [2.05, 4.69) is 10.6 Å². The van der Waals surface area contributed by atoms with Crippen LogP contribution in [-0.4, -0.2) is 23.8 Å². The molecule has 1 aliphatic rings. The third-order valence-electron chi connectivity index (χ3n) is 3.94. The molecule has 0 aromatic carbocycles. The molecular formula is C14H22N2O3. The summed E-state index contributed by atoms with van der Waals surface area (Å²) in [7, 11) is 0. The molecule has 1 fully saturated rings. The zero-order chi connectivity index (χ0) is 13.7. The van der Waals surface area contributed by atoms with E-state index in [9.17, 15) is 9.90 Å². The summed E-state index contributed by atoms with van der Waals surface area (Å²) in [6.45, 7) is 2.90. The van der Waals surface area contributed by atoms with Gasteiger partial charge in [-0.05, 0) is 25.0 Å². The molecule has 1 heterocycles. The van der Waals surface area contributed by atoms with Gasteiger partial charge < -0.3 is 20.2 Å². The number of carbonyl (C=O) groups excluding carboxylic acids is 1. The highest BCUT2D eigenvalue weighted by Gasteiger charge is 2.35. The number of rotatable bonds is 4. The van der Waals surface area contributed by atoms with E-state index in [4.69, 9.17) is 4.42 Å². The van der Waals surface area contributed by atoms with Crippen molar-refractivity contribution in [3.05, 3.63) is 24.2 Å². The van der Waals surface area contributed by atoms with E-state index in [0.717, 1.165) is 31.4 Å². The molecule has 106 valence electrons. The first-order valence-corrected chi connectivity index (χ1v) is 6.82. The Hall–Kier alpha value is -1.49. The Balaban J connectivity index is 1.73. The van der Waals surface area contributed by atoms with Crippen LogP contribution in [0.2, 0.25) is 0 Å². The van der Waals surface area contributed by atoms with Crippen LogP contribution in [0.15, 0.2) is 22.8 Å². The highest BCUT2D eigenvalue weighted by Crippen LogP contribution is 2.35. The maximum absolute atomic E-state index is 11.7. The summed E-state index contributed by atoms with van der Waals surface area (Å²) in [5, 5.41) is 15.6. The first-order valence-electron chi connectivity index (χ1n) is 6.82. The van der Waals surface area contributed by atoms with Gasteiger partial charge in [-0.1, -0.05) is 19.8 Å². The van der Waals surface area contributed by atoms with Crippen molar-refractivity contribution in [3.8, 4) is 0 Å². The zero-order valence-corrected chi connectivity index (χ0v) is 11.3. The molecular weight excluding hydrogens is 244 g/mol. The molecule has 0 saturated heterocycles. The van der Waals surface area contributed by atoms with Crippen LogP contribution in [0.4, 0.5) is 4.79 Å². The molecule has 1 saturated carbocycles. The Labute approximate surface area is 113 Å². The molecule has 0 bridgehead atoms. The highest BCUT2D eigenvalue weighted by atomic mass is 16.3. The monoisotopic (exact) mass is 266 g/mol. The third-order valence-corrected chi connectivity index (χ3v) is 3.94. The van der Waals surface area contributed by atoms with Gasteiger partial charge in [-0.3, -0.25) is 0 Å². The van der Waals surface area contributed by atoms with E-state index >= 15 is 0 Å². The van der Waals surface area contributed by atoms with E-state index in [1.165, 1.54) is 0 Å². The number of carbonyl (C=O) groups is 1. The van der Waals surface area contributed by atoms with Crippen molar-refractivity contribution in [1.82, 2.24) is 10.6 Å². The average molecular weight is 266 g/mol. The standard InChI is InChI=1S/C14H22N2O3/c1-14(7-3-2-6-12(14)17)10-16-13(18)15-9-11-5-4-8-19-11/h4-5,8,12,17H,2-3,6-7,9-10H2,1H3,(H2,15,16,18). The van der Waals surface area contributed by atoms with Gasteiger partial charge in [-0.15, -0.1) is 0 Å². The number of hydrogen-bond acceptors (Lipinski definition) is 3. The summed E-state index contributed by atoms with van der Waals surface area (Å²) in [6.07, 6.45) is 5.21. The fourth-order valence-electron chi connectivity index (χ4n) is 2.51. The van der Waals surface area contributed by atoms with Gasteiger partial charge in [0, 0.05) is 12.0 Å². The van der Waals surface area contributed by atoms with Crippen molar-refractivity contribution in [2.75, 3.05) is 6.54 Å². The fraction of sp³-hybridized carbons (Fsp3) is 0.643. The second-order valence-corrected chi connectivity index (χ2v) is 5.53. The number of aliphatic hydroxyl groups excluding tert-OH is 1. The van der Waals surface area contributed by atoms with Gasteiger partial charge in [0.2, 0.25) is 0 Å². The number of nitrogens with one attached hydrogen (secondary N) is 2. The van der Waals surface area contributed by atoms with Crippen LogP contribution in [0.5, 0.6) is 0 Å². The Morgan fingerprint density at radius 2 is 2.37 bits per heavy atom. The summed E-state index contributed by atoms with van der Waals surface area (Å²) in [5.74, 6) is 0.721. The van der Waals surface area contributed by atoms with Crippen LogP contribution in [0.3, 0.4) is 0 Å². The van der Waals surface area contributed by atoms with Crippen LogP contribution in [0, 0.1) is 5.41 Å². The minimum absolute atomic E-state index is 0.208. The van der Waals surface area contributed by atoms with Crippen LogP contribution in [0.1, 0.15) is 38.4 Å². The van der Waals surface area contributed by atoms with Crippen LogP contribution in [0.25, 0.3) is 0 Å². The molecule has 19 heavy (non-hydrogen) atoms. The lowest BCUT2D eigenvalue weighted by molar-refractivity contribution is 0.00308. The van der Waals surface area contributed by atoms with Crippen LogP contribution in [-0.2, 0) is 6.54 Å². The largest absolute Gasteiger partial charge is 0.467 e. The summed E-state index contributed by atoms with van der Waals surface area (Å²) in [5.41, 5.74) is -0.208. The van der Waals surface area contributed by atoms with Gasteiger partial charge in [-0.25, -0.2) is 4.79 Å². The molecule has 0 radical (unpaired) electrons. The van der Waals surface area contributed by atoms with Crippen molar-refractivity contribution in [3.63, 3.8) is 0 Å². The SMILES string of the molecule is CC1(CNC(=O)NCc2ccco2)CCCCC1O. The Kier molecular flexibility index (Phi) is 4.47. The van der Waals surface area contributed by atoms with Crippen molar-refractivity contribution >= 4 is 6.03 Å². The number of furan rings is 1. The van der Waals surface area contributed by atoms with E-state index in [-0.39, 0.29) is 17.6 Å². The molecule has 1 aliphatic carbocycles. The number of amides is 2. The predicted octanol–water partition coefficient (Wildman–Crippen LogP) is 2.02. The molecule has 2 rings (SSSR count). The van der Waals surface area contributed by atoms with E-state index in [1.54, 1.807) is 12.3 Å². The lowest BCUT2D eigenvalue weighted by Crippen LogP contribution is -2.47. The Morgan fingerprint density at radius 1 is 1.53 bits per heavy atom. The smallest absolute Gasteiger partial charge is 0.315 e. The van der Waals surface area contributed by atoms with E-state index < -0.39 is 0 Å². The predicted molar refractivity (Wildman–Crippen MR) is 71.5 cm³/mol. The molecule has 2 amide bonds. The van der Waals surface area contributed by atoms with Gasteiger partial charge in [0.25, 0.3) is 0 Å². The van der Waals surface area contributed by atoms with E-state index in [0.29, 0.717) is 13.1 Å². The van der Waals surface area contributed by atoms with Gasteiger partial charge in [-0.2, -0.15) is 0 Å². The normalized spacial score (nSPS) is 26.9. The average Bonchev–Trinajstić information content (AvgIpc) is 2.91. The maximum Gasteiger partial charge on any atom is 0.315 e. The molecule has 5 nitrogen and oxygen atoms in total. The summed E-state index contributed by atoms with van der Waals surface area (Å²) < 4.78 is 5.13. The summed E-state index contributed by atoms with van der Waals surface area (Å²) in [6, 6.07) is 3.37. The van der Waals surface area contributed by atoms with Gasteiger partial charge in [0.1, 0.15) is 5.76 Å². The summed E-state index contributed by atoms with van der Waals surface area (Å²) in [4.78, 5) is 11.7. The zero-order valence-electron chi connectivity index (χ0n) is 11.3. The molecule has 0 spiro atoms. The molecule has 2 unspecified atom stereocenters. The van der Waals surface area contributed by atoms with Gasteiger partial charge >= 0.3 is 6.03 Å². The highest BCUT2D eigenvalue weighted by molar-refractivity contribution is 5.73. The molecule has 3 N–H and O–H groups in total. The number of hydrogen-bond donors (Lipinski definition) is 3. The second-order valence-electron chi connectivity index (χ2n) is 5.53. The van der Waals surface area contributed by atoms with Crippen molar-refractivity contribution < 1.29 is 14.3 Å².